The highest BCUT2D eigenvalue weighted by molar-refractivity contribution is 5.90. The zero-order valence-electron chi connectivity index (χ0n) is 15.5. The minimum absolute atomic E-state index is 0.0821. The molecule has 2 aromatic carbocycles. The van der Waals surface area contributed by atoms with E-state index in [0.717, 1.165) is 33.3 Å². The number of carbonyl (C=O) groups excluding carboxylic acids is 1. The number of nitrogens with one attached hydrogen (secondary N) is 2. The smallest absolute Gasteiger partial charge is 0.227 e. The predicted molar refractivity (Wildman–Crippen MR) is 109 cm³/mol. The fourth-order valence-corrected chi connectivity index (χ4v) is 3.03. The molecule has 4 rings (SSSR count). The number of ether oxygens (including phenoxy) is 1. The Bertz CT molecular complexity index is 1100. The average Bonchev–Trinajstić information content (AvgIpc) is 3.20. The summed E-state index contributed by atoms with van der Waals surface area (Å²) >= 11 is 0. The van der Waals surface area contributed by atoms with E-state index in [1.165, 1.54) is 0 Å². The summed E-state index contributed by atoms with van der Waals surface area (Å²) in [5.74, 6) is 1.17. The second-order valence-electron chi connectivity index (χ2n) is 6.48. The zero-order chi connectivity index (χ0) is 19.3. The first-order valence-corrected chi connectivity index (χ1v) is 9.03. The van der Waals surface area contributed by atoms with E-state index in [0.29, 0.717) is 18.8 Å². The van der Waals surface area contributed by atoms with Crippen LogP contribution in [0.15, 0.2) is 67.1 Å². The molecule has 0 aliphatic heterocycles. The van der Waals surface area contributed by atoms with Gasteiger partial charge in [0.15, 0.2) is 0 Å². The highest BCUT2D eigenvalue weighted by atomic mass is 16.5. The summed E-state index contributed by atoms with van der Waals surface area (Å²) in [6, 6.07) is 15.8. The van der Waals surface area contributed by atoms with Crippen LogP contribution in [-0.2, 0) is 11.2 Å². The van der Waals surface area contributed by atoms with E-state index in [4.69, 9.17) is 4.74 Å². The van der Waals surface area contributed by atoms with Gasteiger partial charge in [-0.1, -0.05) is 24.3 Å². The van der Waals surface area contributed by atoms with E-state index in [2.05, 4.69) is 26.3 Å². The summed E-state index contributed by atoms with van der Waals surface area (Å²) in [7, 11) is 1.63. The van der Waals surface area contributed by atoms with Crippen LogP contribution in [0.2, 0.25) is 0 Å². The number of fused-ring (bicyclic) bond motifs is 1. The van der Waals surface area contributed by atoms with Crippen LogP contribution in [0.4, 0.5) is 5.95 Å². The van der Waals surface area contributed by atoms with Gasteiger partial charge in [-0.2, -0.15) is 0 Å². The molecule has 0 fully saturated rings. The molecule has 2 aromatic heterocycles. The van der Waals surface area contributed by atoms with Gasteiger partial charge in [0.05, 0.1) is 19.0 Å². The molecule has 0 aliphatic carbocycles. The number of pyridine rings is 1. The van der Waals surface area contributed by atoms with E-state index in [-0.39, 0.29) is 5.91 Å². The lowest BCUT2D eigenvalue weighted by atomic mass is 10.1. The largest absolute Gasteiger partial charge is 0.497 e. The molecule has 0 aliphatic rings. The number of imidazole rings is 1. The van der Waals surface area contributed by atoms with Crippen molar-refractivity contribution in [3.63, 3.8) is 0 Å². The number of aromatic nitrogens is 3. The van der Waals surface area contributed by atoms with Gasteiger partial charge < -0.3 is 9.72 Å². The molecule has 1 amide bonds. The summed E-state index contributed by atoms with van der Waals surface area (Å²) in [6.45, 7) is 0. The van der Waals surface area contributed by atoms with Crippen LogP contribution in [0, 0.1) is 0 Å². The first-order chi connectivity index (χ1) is 13.7. The summed E-state index contributed by atoms with van der Waals surface area (Å²) < 4.78 is 5.14. The Morgan fingerprint density at radius 1 is 1.07 bits per heavy atom. The number of amides is 1. The van der Waals surface area contributed by atoms with Crippen LogP contribution in [0.5, 0.6) is 5.75 Å². The van der Waals surface area contributed by atoms with Gasteiger partial charge in [0.25, 0.3) is 0 Å². The number of hydrogen-bond donors (Lipinski definition) is 2. The van der Waals surface area contributed by atoms with Gasteiger partial charge >= 0.3 is 0 Å². The minimum Gasteiger partial charge on any atom is -0.497 e. The maximum absolute atomic E-state index is 12.2. The van der Waals surface area contributed by atoms with Gasteiger partial charge in [0.2, 0.25) is 11.9 Å². The van der Waals surface area contributed by atoms with Crippen LogP contribution in [-0.4, -0.2) is 28.0 Å². The first-order valence-electron chi connectivity index (χ1n) is 9.03. The fraction of sp³-hybridized carbons (Fsp3) is 0.136. The van der Waals surface area contributed by atoms with Gasteiger partial charge in [0, 0.05) is 29.8 Å². The Balaban J connectivity index is 1.38. The number of carbonyl (C=O) groups is 1. The van der Waals surface area contributed by atoms with Gasteiger partial charge in [-0.15, -0.1) is 0 Å². The van der Waals surface area contributed by atoms with Crippen LogP contribution in [0.3, 0.4) is 0 Å². The molecule has 28 heavy (non-hydrogen) atoms. The summed E-state index contributed by atoms with van der Waals surface area (Å²) in [4.78, 5) is 23.8. The molecular weight excluding hydrogens is 352 g/mol. The Morgan fingerprint density at radius 3 is 2.75 bits per heavy atom. The molecule has 0 bridgehead atoms. The van der Waals surface area contributed by atoms with Gasteiger partial charge in [-0.05, 0) is 41.6 Å². The van der Waals surface area contributed by atoms with Crippen molar-refractivity contribution in [1.82, 2.24) is 15.0 Å². The fourth-order valence-electron chi connectivity index (χ4n) is 3.03. The van der Waals surface area contributed by atoms with Crippen molar-refractivity contribution in [2.45, 2.75) is 12.8 Å². The van der Waals surface area contributed by atoms with E-state index < -0.39 is 0 Å². The van der Waals surface area contributed by atoms with Gasteiger partial charge in [-0.3, -0.25) is 15.1 Å². The number of methoxy groups -OCH3 is 1. The number of hydrogen-bond acceptors (Lipinski definition) is 4. The minimum atomic E-state index is -0.0821. The second kappa shape index (κ2) is 7.92. The summed E-state index contributed by atoms with van der Waals surface area (Å²) in [5.41, 5.74) is 2.94. The van der Waals surface area contributed by atoms with Crippen molar-refractivity contribution in [3.05, 3.63) is 72.7 Å². The number of H-pyrrole nitrogens is 1. The van der Waals surface area contributed by atoms with Crippen molar-refractivity contribution in [3.8, 4) is 17.0 Å². The number of benzene rings is 2. The number of aromatic amines is 1. The normalized spacial score (nSPS) is 10.8. The summed E-state index contributed by atoms with van der Waals surface area (Å²) in [5, 5.41) is 5.01. The van der Waals surface area contributed by atoms with Crippen LogP contribution >= 0.6 is 0 Å². The Morgan fingerprint density at radius 2 is 1.93 bits per heavy atom. The molecule has 0 spiro atoms. The highest BCUT2D eigenvalue weighted by Gasteiger charge is 2.08. The standard InChI is InChI=1S/C22H20N4O2/c1-28-19-7-2-15(3-8-19)4-9-21(27)26-22-24-14-20(25-22)17-5-6-18-13-23-11-10-16(18)12-17/h2-3,5-8,10-14H,4,9H2,1H3,(H2,24,25,26,27). The average molecular weight is 372 g/mol. The highest BCUT2D eigenvalue weighted by Crippen LogP contribution is 2.23. The summed E-state index contributed by atoms with van der Waals surface area (Å²) in [6.07, 6.45) is 6.36. The van der Waals surface area contributed by atoms with E-state index in [9.17, 15) is 4.79 Å². The second-order valence-corrected chi connectivity index (χ2v) is 6.48. The maximum Gasteiger partial charge on any atom is 0.227 e. The van der Waals surface area contributed by atoms with Crippen molar-refractivity contribution >= 4 is 22.6 Å². The molecule has 2 N–H and O–H groups in total. The molecule has 140 valence electrons. The lowest BCUT2D eigenvalue weighted by Gasteiger charge is -2.04. The quantitative estimate of drug-likeness (QED) is 0.531. The van der Waals surface area contributed by atoms with Gasteiger partial charge in [0.1, 0.15) is 5.75 Å². The number of anilines is 1. The first kappa shape index (κ1) is 17.7. The van der Waals surface area contributed by atoms with Crippen molar-refractivity contribution in [2.24, 2.45) is 0 Å². The van der Waals surface area contributed by atoms with Crippen molar-refractivity contribution in [1.29, 1.82) is 0 Å². The van der Waals surface area contributed by atoms with Crippen LogP contribution in [0.1, 0.15) is 12.0 Å². The van der Waals surface area contributed by atoms with Crippen molar-refractivity contribution < 1.29 is 9.53 Å². The topological polar surface area (TPSA) is 79.9 Å². The van der Waals surface area contributed by atoms with E-state index in [1.807, 2.05) is 48.7 Å². The number of nitrogens with zero attached hydrogens (tertiary/aromatic N) is 2. The number of rotatable bonds is 6. The van der Waals surface area contributed by atoms with E-state index in [1.54, 1.807) is 19.5 Å². The van der Waals surface area contributed by atoms with E-state index >= 15 is 0 Å². The number of aryl methyl sites for hydroxylation is 1. The lowest BCUT2D eigenvalue weighted by molar-refractivity contribution is -0.116. The van der Waals surface area contributed by atoms with Crippen LogP contribution < -0.4 is 10.1 Å². The Labute approximate surface area is 162 Å². The molecule has 4 aromatic rings. The van der Waals surface area contributed by atoms with Crippen molar-refractivity contribution in [2.75, 3.05) is 12.4 Å². The molecule has 6 heteroatoms. The lowest BCUT2D eigenvalue weighted by Crippen LogP contribution is -2.13. The zero-order valence-corrected chi connectivity index (χ0v) is 15.5. The molecular formula is C22H20N4O2. The van der Waals surface area contributed by atoms with Gasteiger partial charge in [-0.25, -0.2) is 4.98 Å². The van der Waals surface area contributed by atoms with Crippen LogP contribution in [0.25, 0.3) is 22.0 Å². The maximum atomic E-state index is 12.2. The molecule has 0 radical (unpaired) electrons. The SMILES string of the molecule is COc1ccc(CCC(=O)Nc2ncc(-c3ccc4cnccc4c3)[nH]2)cc1. The molecule has 0 saturated heterocycles. The molecule has 2 heterocycles. The molecule has 0 saturated carbocycles. The Hall–Kier alpha value is -3.67. The monoisotopic (exact) mass is 372 g/mol. The predicted octanol–water partition coefficient (Wildman–Crippen LogP) is 4.20. The molecule has 6 nitrogen and oxygen atoms in total. The third-order valence-corrected chi connectivity index (χ3v) is 4.59. The molecule has 0 unspecified atom stereocenters. The Kier molecular flexibility index (Phi) is 5.01. The molecule has 0 atom stereocenters. The third-order valence-electron chi connectivity index (χ3n) is 4.59. The third kappa shape index (κ3) is 4.01.